The molecule has 0 radical (unpaired) electrons. The zero-order valence-corrected chi connectivity index (χ0v) is 12.8. The maximum Gasteiger partial charge on any atom is 0.252 e. The van der Waals surface area contributed by atoms with Crippen LogP contribution in [0.1, 0.15) is 40.4 Å². The Morgan fingerprint density at radius 2 is 2.17 bits per heavy atom. The first-order valence-corrected chi connectivity index (χ1v) is 7.26. The minimum absolute atomic E-state index is 0.0615. The third-order valence-corrected chi connectivity index (χ3v) is 4.23. The first-order valence-electron chi connectivity index (χ1n) is 5.59. The Kier molecular flexibility index (Phi) is 3.92. The third-order valence-electron chi connectivity index (χ3n) is 2.72. The van der Waals surface area contributed by atoms with Gasteiger partial charge in [0.05, 0.1) is 15.4 Å². The Hall–Kier alpha value is -1.07. The molecule has 18 heavy (non-hydrogen) atoms. The number of carbonyl (C=O) groups excluding carboxylic acids is 1. The van der Waals surface area contributed by atoms with E-state index in [1.807, 2.05) is 38.3 Å². The Balaban J connectivity index is 2.10. The van der Waals surface area contributed by atoms with Crippen LogP contribution in [0.5, 0.6) is 0 Å². The number of nitrogens with one attached hydrogen (secondary N) is 1. The predicted octanol–water partition coefficient (Wildman–Crippen LogP) is 4.21. The van der Waals surface area contributed by atoms with Crippen LogP contribution in [0.25, 0.3) is 0 Å². The Morgan fingerprint density at radius 3 is 2.67 bits per heavy atom. The van der Waals surface area contributed by atoms with Crippen molar-refractivity contribution in [1.82, 2.24) is 5.32 Å². The van der Waals surface area contributed by atoms with Gasteiger partial charge < -0.3 is 9.73 Å². The first kappa shape index (κ1) is 13.4. The summed E-state index contributed by atoms with van der Waals surface area (Å²) in [6.45, 7) is 5.77. The molecule has 2 aromatic heterocycles. The molecule has 96 valence electrons. The van der Waals surface area contributed by atoms with Crippen LogP contribution in [0.3, 0.4) is 0 Å². The average Bonchev–Trinajstić information content (AvgIpc) is 2.84. The summed E-state index contributed by atoms with van der Waals surface area (Å²) in [6, 6.07) is 3.72. The normalized spacial score (nSPS) is 12.4. The second-order valence-corrected chi connectivity index (χ2v) is 6.49. The van der Waals surface area contributed by atoms with E-state index in [-0.39, 0.29) is 11.9 Å². The molecule has 1 amide bonds. The molecule has 5 heteroatoms. The highest BCUT2D eigenvalue weighted by molar-refractivity contribution is 9.11. The summed E-state index contributed by atoms with van der Waals surface area (Å²) in [5, 5.41) is 4.80. The number of furan rings is 1. The summed E-state index contributed by atoms with van der Waals surface area (Å²) >= 11 is 4.85. The zero-order chi connectivity index (χ0) is 13.3. The number of amides is 1. The Bertz CT molecular complexity index is 573. The van der Waals surface area contributed by atoms with Gasteiger partial charge in [-0.05, 0) is 48.8 Å². The molecule has 0 spiro atoms. The van der Waals surface area contributed by atoms with Crippen molar-refractivity contribution in [1.29, 1.82) is 0 Å². The van der Waals surface area contributed by atoms with Crippen molar-refractivity contribution in [3.63, 3.8) is 0 Å². The van der Waals surface area contributed by atoms with Crippen molar-refractivity contribution >= 4 is 33.2 Å². The van der Waals surface area contributed by atoms with Crippen LogP contribution in [0.4, 0.5) is 0 Å². The van der Waals surface area contributed by atoms with Gasteiger partial charge in [-0.3, -0.25) is 4.79 Å². The van der Waals surface area contributed by atoms with E-state index >= 15 is 0 Å². The van der Waals surface area contributed by atoms with E-state index in [4.69, 9.17) is 4.42 Å². The van der Waals surface area contributed by atoms with Gasteiger partial charge in [0.1, 0.15) is 11.5 Å². The summed E-state index contributed by atoms with van der Waals surface area (Å²) < 4.78 is 6.42. The lowest BCUT2D eigenvalue weighted by molar-refractivity contribution is 0.0940. The van der Waals surface area contributed by atoms with E-state index < -0.39 is 0 Å². The molecule has 0 saturated heterocycles. The van der Waals surface area contributed by atoms with Gasteiger partial charge in [-0.15, -0.1) is 11.3 Å². The van der Waals surface area contributed by atoms with Crippen molar-refractivity contribution in [3.05, 3.63) is 43.9 Å². The second-order valence-electron chi connectivity index (χ2n) is 4.20. The summed E-state index contributed by atoms with van der Waals surface area (Å²) in [5.41, 5.74) is 1.70. The van der Waals surface area contributed by atoms with Crippen LogP contribution in [0, 0.1) is 13.8 Å². The molecule has 0 aliphatic carbocycles. The van der Waals surface area contributed by atoms with E-state index in [2.05, 4.69) is 21.2 Å². The van der Waals surface area contributed by atoms with Gasteiger partial charge in [-0.2, -0.15) is 0 Å². The van der Waals surface area contributed by atoms with Gasteiger partial charge in [-0.25, -0.2) is 0 Å². The first-order chi connectivity index (χ1) is 8.47. The molecule has 0 aliphatic rings. The van der Waals surface area contributed by atoms with Crippen LogP contribution >= 0.6 is 27.3 Å². The van der Waals surface area contributed by atoms with Crippen LogP contribution in [-0.4, -0.2) is 5.91 Å². The summed E-state index contributed by atoms with van der Waals surface area (Å²) in [7, 11) is 0. The molecular formula is C13H14BrNO2S. The number of carbonyl (C=O) groups is 1. The molecule has 0 bridgehead atoms. The lowest BCUT2D eigenvalue weighted by Crippen LogP contribution is -2.26. The van der Waals surface area contributed by atoms with Crippen molar-refractivity contribution in [2.24, 2.45) is 0 Å². The number of aryl methyl sites for hydroxylation is 2. The highest BCUT2D eigenvalue weighted by atomic mass is 79.9. The van der Waals surface area contributed by atoms with Gasteiger partial charge in [0.25, 0.3) is 5.91 Å². The molecule has 0 aliphatic heterocycles. The average molecular weight is 328 g/mol. The van der Waals surface area contributed by atoms with Crippen molar-refractivity contribution in [2.45, 2.75) is 26.8 Å². The third kappa shape index (κ3) is 2.84. The summed E-state index contributed by atoms with van der Waals surface area (Å²) in [5.74, 6) is 1.65. The number of rotatable bonds is 3. The SMILES string of the molecule is Cc1cc(C(C)NC(=O)c2csc(Br)c2)c(C)o1. The molecule has 0 saturated carbocycles. The Labute approximate surface area is 118 Å². The van der Waals surface area contributed by atoms with E-state index in [9.17, 15) is 4.79 Å². The molecule has 0 fully saturated rings. The maximum absolute atomic E-state index is 12.0. The molecule has 1 unspecified atom stereocenters. The van der Waals surface area contributed by atoms with Crippen molar-refractivity contribution in [2.75, 3.05) is 0 Å². The quantitative estimate of drug-likeness (QED) is 0.917. The number of hydrogen-bond acceptors (Lipinski definition) is 3. The highest BCUT2D eigenvalue weighted by Crippen LogP contribution is 2.23. The minimum Gasteiger partial charge on any atom is -0.466 e. The molecule has 1 atom stereocenters. The zero-order valence-electron chi connectivity index (χ0n) is 10.4. The molecule has 2 heterocycles. The summed E-state index contributed by atoms with van der Waals surface area (Å²) in [4.78, 5) is 12.0. The highest BCUT2D eigenvalue weighted by Gasteiger charge is 2.16. The molecule has 2 aromatic rings. The van der Waals surface area contributed by atoms with Crippen LogP contribution < -0.4 is 5.32 Å². The summed E-state index contributed by atoms with van der Waals surface area (Å²) in [6.07, 6.45) is 0. The van der Waals surface area contributed by atoms with E-state index in [0.29, 0.717) is 5.56 Å². The lowest BCUT2D eigenvalue weighted by Gasteiger charge is -2.12. The predicted molar refractivity (Wildman–Crippen MR) is 76.1 cm³/mol. The van der Waals surface area contributed by atoms with Crippen LogP contribution in [-0.2, 0) is 0 Å². The van der Waals surface area contributed by atoms with Crippen molar-refractivity contribution < 1.29 is 9.21 Å². The standard InChI is InChI=1S/C13H14BrNO2S/c1-7-4-11(9(3)17-7)8(2)15-13(16)10-5-12(14)18-6-10/h4-6,8H,1-3H3,(H,15,16). The molecule has 1 N–H and O–H groups in total. The van der Waals surface area contributed by atoms with Crippen LogP contribution in [0.2, 0.25) is 0 Å². The molecular weight excluding hydrogens is 314 g/mol. The Morgan fingerprint density at radius 1 is 1.44 bits per heavy atom. The minimum atomic E-state index is -0.0669. The second kappa shape index (κ2) is 5.28. The monoisotopic (exact) mass is 327 g/mol. The largest absolute Gasteiger partial charge is 0.466 e. The molecule has 3 nitrogen and oxygen atoms in total. The number of thiophene rings is 1. The van der Waals surface area contributed by atoms with Gasteiger partial charge >= 0.3 is 0 Å². The van der Waals surface area contributed by atoms with E-state index in [1.165, 1.54) is 11.3 Å². The maximum atomic E-state index is 12.0. The smallest absolute Gasteiger partial charge is 0.252 e. The van der Waals surface area contributed by atoms with Gasteiger partial charge in [0.15, 0.2) is 0 Å². The fourth-order valence-electron chi connectivity index (χ4n) is 1.87. The number of halogens is 1. The fourth-order valence-corrected chi connectivity index (χ4v) is 3.00. The van der Waals surface area contributed by atoms with Gasteiger partial charge in [0.2, 0.25) is 0 Å². The van der Waals surface area contributed by atoms with E-state index in [1.54, 1.807) is 0 Å². The van der Waals surface area contributed by atoms with Crippen molar-refractivity contribution in [3.8, 4) is 0 Å². The fraction of sp³-hybridized carbons (Fsp3) is 0.308. The van der Waals surface area contributed by atoms with E-state index in [0.717, 1.165) is 20.9 Å². The molecule has 0 aromatic carbocycles. The topological polar surface area (TPSA) is 42.2 Å². The van der Waals surface area contributed by atoms with Gasteiger partial charge in [0, 0.05) is 10.9 Å². The lowest BCUT2D eigenvalue weighted by atomic mass is 10.1. The number of hydrogen-bond donors (Lipinski definition) is 1. The van der Waals surface area contributed by atoms with Gasteiger partial charge in [-0.1, -0.05) is 0 Å². The molecule has 2 rings (SSSR count). The van der Waals surface area contributed by atoms with Crippen LogP contribution in [0.15, 0.2) is 25.7 Å².